The Morgan fingerprint density at radius 3 is 2.50 bits per heavy atom. The molecule has 0 radical (unpaired) electrons. The minimum absolute atomic E-state index is 0.0848. The maximum Gasteiger partial charge on any atom is 0.242 e. The molecule has 0 aromatic heterocycles. The molecule has 2 aromatic carbocycles. The maximum absolute atomic E-state index is 12.2. The molecule has 1 N–H and O–H groups in total. The molecule has 0 heterocycles. The van der Waals surface area contributed by atoms with Crippen LogP contribution < -0.4 is 4.72 Å². The molecule has 3 nitrogen and oxygen atoms in total. The number of halogens is 2. The van der Waals surface area contributed by atoms with Gasteiger partial charge in [0.05, 0.1) is 5.02 Å². The third-order valence-electron chi connectivity index (χ3n) is 2.73. The van der Waals surface area contributed by atoms with Crippen molar-refractivity contribution in [3.05, 3.63) is 63.6 Å². The van der Waals surface area contributed by atoms with Gasteiger partial charge in [-0.05, 0) is 30.2 Å². The summed E-state index contributed by atoms with van der Waals surface area (Å²) in [6.45, 7) is 0.329. The lowest BCUT2D eigenvalue weighted by molar-refractivity contribution is 0.581. The van der Waals surface area contributed by atoms with Gasteiger partial charge in [0.1, 0.15) is 4.90 Å². The molecule has 0 fully saturated rings. The summed E-state index contributed by atoms with van der Waals surface area (Å²) in [6.07, 6.45) is 0.631. The number of hydrogen-bond donors (Lipinski definition) is 1. The Hall–Kier alpha value is -0.880. The molecule has 0 aliphatic rings. The summed E-state index contributed by atoms with van der Waals surface area (Å²) in [5.74, 6) is 0. The van der Waals surface area contributed by atoms with E-state index in [0.717, 1.165) is 5.56 Å². The molecule has 0 saturated carbocycles. The first kappa shape index (κ1) is 15.5. The number of rotatable bonds is 5. The first-order chi connectivity index (χ1) is 9.49. The molecule has 0 aliphatic heterocycles. The van der Waals surface area contributed by atoms with Gasteiger partial charge in [-0.3, -0.25) is 0 Å². The minimum atomic E-state index is -3.60. The fraction of sp³-hybridized carbons (Fsp3) is 0.143. The summed E-state index contributed by atoms with van der Waals surface area (Å²) in [4.78, 5) is 0.0848. The lowest BCUT2D eigenvalue weighted by Crippen LogP contribution is -2.26. The standard InChI is InChI=1S/C14H13BrClNO2S/c15-12-6-7-13(16)14(10-12)20(18,19)17-9-8-11-4-2-1-3-5-11/h1-7,10,17H,8-9H2. The average Bonchev–Trinajstić information content (AvgIpc) is 2.42. The van der Waals surface area contributed by atoms with Crippen molar-refractivity contribution in [2.45, 2.75) is 11.3 Å². The van der Waals surface area contributed by atoms with E-state index in [4.69, 9.17) is 11.6 Å². The van der Waals surface area contributed by atoms with E-state index in [2.05, 4.69) is 20.7 Å². The van der Waals surface area contributed by atoms with E-state index >= 15 is 0 Å². The minimum Gasteiger partial charge on any atom is -0.211 e. The van der Waals surface area contributed by atoms with E-state index in [0.29, 0.717) is 17.4 Å². The van der Waals surface area contributed by atoms with Gasteiger partial charge in [0.25, 0.3) is 0 Å². The zero-order chi connectivity index (χ0) is 14.6. The second kappa shape index (κ2) is 6.72. The molecule has 0 bridgehead atoms. The lowest BCUT2D eigenvalue weighted by Gasteiger charge is -2.09. The van der Waals surface area contributed by atoms with Crippen molar-refractivity contribution >= 4 is 37.6 Å². The number of benzene rings is 2. The van der Waals surface area contributed by atoms with Crippen molar-refractivity contribution < 1.29 is 8.42 Å². The SMILES string of the molecule is O=S(=O)(NCCc1ccccc1)c1cc(Br)ccc1Cl. The third-order valence-corrected chi connectivity index (χ3v) is 5.17. The van der Waals surface area contributed by atoms with Gasteiger partial charge in [0, 0.05) is 11.0 Å². The van der Waals surface area contributed by atoms with Crippen LogP contribution >= 0.6 is 27.5 Å². The zero-order valence-corrected chi connectivity index (χ0v) is 13.7. The zero-order valence-electron chi connectivity index (χ0n) is 10.5. The van der Waals surface area contributed by atoms with Crippen LogP contribution in [0.3, 0.4) is 0 Å². The highest BCUT2D eigenvalue weighted by Gasteiger charge is 2.17. The predicted octanol–water partition coefficient (Wildman–Crippen LogP) is 3.62. The van der Waals surface area contributed by atoms with Gasteiger partial charge in [0.15, 0.2) is 0 Å². The highest BCUT2D eigenvalue weighted by atomic mass is 79.9. The molecule has 0 atom stereocenters. The van der Waals surface area contributed by atoms with Crippen molar-refractivity contribution in [2.75, 3.05) is 6.54 Å². The normalized spacial score (nSPS) is 11.5. The molecule has 0 amide bonds. The summed E-state index contributed by atoms with van der Waals surface area (Å²) in [6, 6.07) is 14.4. The second-order valence-electron chi connectivity index (χ2n) is 4.21. The highest BCUT2D eigenvalue weighted by Crippen LogP contribution is 2.24. The second-order valence-corrected chi connectivity index (χ2v) is 7.27. The van der Waals surface area contributed by atoms with Gasteiger partial charge >= 0.3 is 0 Å². The number of nitrogens with one attached hydrogen (secondary N) is 1. The molecule has 0 spiro atoms. The van der Waals surface area contributed by atoms with Gasteiger partial charge in [-0.2, -0.15) is 0 Å². The summed E-state index contributed by atoms with van der Waals surface area (Å²) in [5.41, 5.74) is 1.08. The smallest absolute Gasteiger partial charge is 0.211 e. The molecule has 2 aromatic rings. The molecule has 6 heteroatoms. The molecule has 0 saturated heterocycles. The summed E-state index contributed by atoms with van der Waals surface area (Å²) >= 11 is 9.18. The van der Waals surface area contributed by atoms with E-state index in [1.165, 1.54) is 6.07 Å². The largest absolute Gasteiger partial charge is 0.242 e. The van der Waals surface area contributed by atoms with Gasteiger partial charge in [-0.15, -0.1) is 0 Å². The van der Waals surface area contributed by atoms with Crippen LogP contribution in [-0.2, 0) is 16.4 Å². The van der Waals surface area contributed by atoms with Crippen molar-refractivity contribution in [3.63, 3.8) is 0 Å². The first-order valence-corrected chi connectivity index (χ1v) is 8.63. The van der Waals surface area contributed by atoms with Crippen LogP contribution in [0.1, 0.15) is 5.56 Å². The molecule has 0 aliphatic carbocycles. The van der Waals surface area contributed by atoms with Gasteiger partial charge in [-0.1, -0.05) is 57.9 Å². The van der Waals surface area contributed by atoms with E-state index in [-0.39, 0.29) is 9.92 Å². The molecule has 0 unspecified atom stereocenters. The van der Waals surface area contributed by atoms with Crippen molar-refractivity contribution in [1.82, 2.24) is 4.72 Å². The molecule has 106 valence electrons. The van der Waals surface area contributed by atoms with Crippen LogP contribution in [-0.4, -0.2) is 15.0 Å². The fourth-order valence-electron chi connectivity index (χ4n) is 1.74. The van der Waals surface area contributed by atoms with Gasteiger partial charge in [0.2, 0.25) is 10.0 Å². The van der Waals surface area contributed by atoms with Crippen LogP contribution in [0, 0.1) is 0 Å². The molecule has 20 heavy (non-hydrogen) atoms. The fourth-order valence-corrected chi connectivity index (χ4v) is 3.80. The Bertz CT molecular complexity index is 690. The number of sulfonamides is 1. The topological polar surface area (TPSA) is 46.2 Å². The molecule has 2 rings (SSSR count). The first-order valence-electron chi connectivity index (χ1n) is 5.98. The summed E-state index contributed by atoms with van der Waals surface area (Å²) in [5, 5.41) is 0.209. The predicted molar refractivity (Wildman–Crippen MR) is 84.5 cm³/mol. The Morgan fingerprint density at radius 1 is 1.10 bits per heavy atom. The molecular formula is C14H13BrClNO2S. The molecular weight excluding hydrogens is 362 g/mol. The quantitative estimate of drug-likeness (QED) is 0.869. The van der Waals surface area contributed by atoms with Crippen LogP contribution in [0.15, 0.2) is 57.9 Å². The van der Waals surface area contributed by atoms with Crippen molar-refractivity contribution in [3.8, 4) is 0 Å². The van der Waals surface area contributed by atoms with Crippen molar-refractivity contribution in [1.29, 1.82) is 0 Å². The van der Waals surface area contributed by atoms with E-state index in [1.807, 2.05) is 30.3 Å². The Kier molecular flexibility index (Phi) is 5.21. The maximum atomic E-state index is 12.2. The summed E-state index contributed by atoms with van der Waals surface area (Å²) < 4.78 is 27.6. The number of hydrogen-bond acceptors (Lipinski definition) is 2. The van der Waals surface area contributed by atoms with Crippen LogP contribution in [0.4, 0.5) is 0 Å². The van der Waals surface area contributed by atoms with E-state index < -0.39 is 10.0 Å². The van der Waals surface area contributed by atoms with Gasteiger partial charge in [-0.25, -0.2) is 13.1 Å². The Labute approximate surface area is 132 Å². The van der Waals surface area contributed by atoms with Crippen molar-refractivity contribution in [2.24, 2.45) is 0 Å². The van der Waals surface area contributed by atoms with E-state index in [1.54, 1.807) is 12.1 Å². The van der Waals surface area contributed by atoms with E-state index in [9.17, 15) is 8.42 Å². The lowest BCUT2D eigenvalue weighted by atomic mass is 10.2. The Morgan fingerprint density at radius 2 is 1.80 bits per heavy atom. The van der Waals surface area contributed by atoms with Gasteiger partial charge < -0.3 is 0 Å². The average molecular weight is 375 g/mol. The Balaban J connectivity index is 2.06. The monoisotopic (exact) mass is 373 g/mol. The van der Waals surface area contributed by atoms with Crippen LogP contribution in [0.5, 0.6) is 0 Å². The van der Waals surface area contributed by atoms with Crippen LogP contribution in [0.25, 0.3) is 0 Å². The highest BCUT2D eigenvalue weighted by molar-refractivity contribution is 9.10. The van der Waals surface area contributed by atoms with Crippen LogP contribution in [0.2, 0.25) is 5.02 Å². The summed E-state index contributed by atoms with van der Waals surface area (Å²) in [7, 11) is -3.60. The third kappa shape index (κ3) is 4.06.